The number of hydrogen-bond donors (Lipinski definition) is 3. The third kappa shape index (κ3) is 3.73. The molecule has 0 amide bonds. The molecule has 20 heavy (non-hydrogen) atoms. The summed E-state index contributed by atoms with van der Waals surface area (Å²) >= 11 is 0. The molecule has 0 heterocycles. The SMILES string of the molecule is CN(C)c1cccc(NC(=Nc2ccccc2)NN)c1. The normalized spacial score (nSPS) is 11.1. The molecule has 2 aromatic carbocycles. The van der Waals surface area contributed by atoms with Gasteiger partial charge in [0.2, 0.25) is 5.96 Å². The van der Waals surface area contributed by atoms with Crippen LogP contribution >= 0.6 is 0 Å². The van der Waals surface area contributed by atoms with E-state index >= 15 is 0 Å². The summed E-state index contributed by atoms with van der Waals surface area (Å²) in [4.78, 5) is 6.44. The molecule has 0 fully saturated rings. The molecule has 0 aliphatic rings. The van der Waals surface area contributed by atoms with Crippen LogP contribution in [0, 0.1) is 0 Å². The molecule has 0 aliphatic carbocycles. The third-order valence-electron chi connectivity index (χ3n) is 2.76. The maximum Gasteiger partial charge on any atom is 0.215 e. The van der Waals surface area contributed by atoms with E-state index in [0.717, 1.165) is 17.1 Å². The maximum absolute atomic E-state index is 5.51. The number of nitrogens with zero attached hydrogens (tertiary/aromatic N) is 2. The molecule has 5 heteroatoms. The van der Waals surface area contributed by atoms with Crippen LogP contribution in [0.4, 0.5) is 17.1 Å². The minimum Gasteiger partial charge on any atom is -0.378 e. The Labute approximate surface area is 119 Å². The number of rotatable bonds is 3. The first kappa shape index (κ1) is 13.9. The van der Waals surface area contributed by atoms with Crippen LogP contribution in [0.1, 0.15) is 0 Å². The molecule has 0 saturated carbocycles. The number of aliphatic imine (C=N–C) groups is 1. The Hall–Kier alpha value is -2.53. The highest BCUT2D eigenvalue weighted by atomic mass is 15.3. The molecule has 0 radical (unpaired) electrons. The van der Waals surface area contributed by atoms with Crippen molar-refractivity contribution >= 4 is 23.0 Å². The molecule has 0 bridgehead atoms. The number of hydrazine groups is 1. The van der Waals surface area contributed by atoms with Crippen molar-refractivity contribution in [2.45, 2.75) is 0 Å². The molecule has 5 nitrogen and oxygen atoms in total. The van der Waals surface area contributed by atoms with Gasteiger partial charge < -0.3 is 10.2 Å². The van der Waals surface area contributed by atoms with E-state index < -0.39 is 0 Å². The van der Waals surface area contributed by atoms with Crippen molar-refractivity contribution in [3.8, 4) is 0 Å². The number of benzene rings is 2. The Morgan fingerprint density at radius 3 is 2.45 bits per heavy atom. The van der Waals surface area contributed by atoms with Crippen molar-refractivity contribution in [1.29, 1.82) is 0 Å². The van der Waals surface area contributed by atoms with Crippen LogP contribution in [0.25, 0.3) is 0 Å². The van der Waals surface area contributed by atoms with Gasteiger partial charge in [0.25, 0.3) is 0 Å². The smallest absolute Gasteiger partial charge is 0.215 e. The highest BCUT2D eigenvalue weighted by Crippen LogP contribution is 2.17. The molecule has 2 aromatic rings. The summed E-state index contributed by atoms with van der Waals surface area (Å²) in [6.45, 7) is 0. The van der Waals surface area contributed by atoms with Gasteiger partial charge in [0.15, 0.2) is 0 Å². The van der Waals surface area contributed by atoms with Crippen LogP contribution in [-0.2, 0) is 0 Å². The van der Waals surface area contributed by atoms with Gasteiger partial charge in [-0.2, -0.15) is 0 Å². The zero-order valence-electron chi connectivity index (χ0n) is 11.7. The Kier molecular flexibility index (Phi) is 4.57. The topological polar surface area (TPSA) is 65.7 Å². The Bertz CT molecular complexity index is 578. The summed E-state index contributed by atoms with van der Waals surface area (Å²) in [6, 6.07) is 17.6. The number of nitrogens with one attached hydrogen (secondary N) is 2. The summed E-state index contributed by atoms with van der Waals surface area (Å²) < 4.78 is 0. The fraction of sp³-hybridized carbons (Fsp3) is 0.133. The number of guanidine groups is 1. The predicted octanol–water partition coefficient (Wildman–Crippen LogP) is 2.32. The Morgan fingerprint density at radius 2 is 1.80 bits per heavy atom. The summed E-state index contributed by atoms with van der Waals surface area (Å²) in [6.07, 6.45) is 0. The van der Waals surface area contributed by atoms with Crippen molar-refractivity contribution in [3.63, 3.8) is 0 Å². The van der Waals surface area contributed by atoms with Gasteiger partial charge in [-0.05, 0) is 30.3 Å². The first-order valence-corrected chi connectivity index (χ1v) is 6.34. The maximum atomic E-state index is 5.51. The highest BCUT2D eigenvalue weighted by Gasteiger charge is 2.01. The first-order chi connectivity index (χ1) is 9.69. The molecule has 0 spiro atoms. The third-order valence-corrected chi connectivity index (χ3v) is 2.76. The molecule has 0 aliphatic heterocycles. The van der Waals surface area contributed by atoms with E-state index in [1.807, 2.05) is 73.6 Å². The molecular weight excluding hydrogens is 250 g/mol. The number of nitrogens with two attached hydrogens (primary N) is 1. The van der Waals surface area contributed by atoms with E-state index in [2.05, 4.69) is 15.7 Å². The number of hydrogen-bond acceptors (Lipinski definition) is 3. The van der Waals surface area contributed by atoms with Gasteiger partial charge >= 0.3 is 0 Å². The lowest BCUT2D eigenvalue weighted by molar-refractivity contribution is 1.02. The summed E-state index contributed by atoms with van der Waals surface area (Å²) in [5.74, 6) is 6.01. The van der Waals surface area contributed by atoms with Crippen LogP contribution in [-0.4, -0.2) is 20.1 Å². The minimum absolute atomic E-state index is 0.493. The van der Waals surface area contributed by atoms with Crippen LogP contribution in [0.2, 0.25) is 0 Å². The molecule has 0 aromatic heterocycles. The summed E-state index contributed by atoms with van der Waals surface area (Å²) in [5.41, 5.74) is 5.43. The van der Waals surface area contributed by atoms with E-state index in [4.69, 9.17) is 5.84 Å². The first-order valence-electron chi connectivity index (χ1n) is 6.34. The fourth-order valence-electron chi connectivity index (χ4n) is 1.73. The van der Waals surface area contributed by atoms with Gasteiger partial charge in [0.05, 0.1) is 5.69 Å². The van der Waals surface area contributed by atoms with Crippen LogP contribution in [0.3, 0.4) is 0 Å². The quantitative estimate of drug-likeness (QED) is 0.346. The van der Waals surface area contributed by atoms with Gasteiger partial charge in [0.1, 0.15) is 0 Å². The Morgan fingerprint density at radius 1 is 1.05 bits per heavy atom. The van der Waals surface area contributed by atoms with E-state index in [-0.39, 0.29) is 0 Å². The average molecular weight is 269 g/mol. The molecule has 4 N–H and O–H groups in total. The van der Waals surface area contributed by atoms with Crippen LogP contribution < -0.4 is 21.5 Å². The second-order valence-electron chi connectivity index (χ2n) is 4.51. The predicted molar refractivity (Wildman–Crippen MR) is 85.3 cm³/mol. The van der Waals surface area contributed by atoms with Crippen molar-refractivity contribution in [2.75, 3.05) is 24.3 Å². The zero-order valence-corrected chi connectivity index (χ0v) is 11.7. The summed E-state index contributed by atoms with van der Waals surface area (Å²) in [7, 11) is 4.00. The van der Waals surface area contributed by atoms with Gasteiger partial charge in [-0.1, -0.05) is 24.3 Å². The van der Waals surface area contributed by atoms with Crippen molar-refractivity contribution in [1.82, 2.24) is 5.43 Å². The zero-order chi connectivity index (χ0) is 14.4. The number of para-hydroxylation sites is 1. The highest BCUT2D eigenvalue weighted by molar-refractivity contribution is 5.95. The molecule has 0 atom stereocenters. The largest absolute Gasteiger partial charge is 0.378 e. The van der Waals surface area contributed by atoms with Gasteiger partial charge in [-0.25, -0.2) is 10.8 Å². The van der Waals surface area contributed by atoms with E-state index in [0.29, 0.717) is 5.96 Å². The lowest BCUT2D eigenvalue weighted by Crippen LogP contribution is -2.36. The molecular formula is C15H19N5. The average Bonchev–Trinajstić information content (AvgIpc) is 2.48. The lowest BCUT2D eigenvalue weighted by Gasteiger charge is -2.15. The molecule has 0 unspecified atom stereocenters. The molecule has 2 rings (SSSR count). The Balaban J connectivity index is 2.18. The monoisotopic (exact) mass is 269 g/mol. The van der Waals surface area contributed by atoms with Crippen LogP contribution in [0.5, 0.6) is 0 Å². The minimum atomic E-state index is 0.493. The number of anilines is 2. The van der Waals surface area contributed by atoms with E-state index in [1.165, 1.54) is 0 Å². The second kappa shape index (κ2) is 6.58. The molecule has 0 saturated heterocycles. The summed E-state index contributed by atoms with van der Waals surface area (Å²) in [5, 5.41) is 3.16. The molecule has 104 valence electrons. The van der Waals surface area contributed by atoms with Crippen LogP contribution in [0.15, 0.2) is 59.6 Å². The second-order valence-corrected chi connectivity index (χ2v) is 4.51. The van der Waals surface area contributed by atoms with Crippen molar-refractivity contribution in [3.05, 3.63) is 54.6 Å². The standard InChI is InChI=1S/C15H19N5/c1-20(2)14-10-6-9-13(11-14)18-15(19-16)17-12-7-4-3-5-8-12/h3-11H,16H2,1-2H3,(H2,17,18,19). The lowest BCUT2D eigenvalue weighted by atomic mass is 10.2. The van der Waals surface area contributed by atoms with Gasteiger partial charge in [-0.15, -0.1) is 0 Å². The van der Waals surface area contributed by atoms with Crippen molar-refractivity contribution < 1.29 is 0 Å². The van der Waals surface area contributed by atoms with Gasteiger partial charge in [0, 0.05) is 25.5 Å². The van der Waals surface area contributed by atoms with Crippen molar-refractivity contribution in [2.24, 2.45) is 10.8 Å². The fourth-order valence-corrected chi connectivity index (χ4v) is 1.73. The van der Waals surface area contributed by atoms with E-state index in [9.17, 15) is 0 Å². The van der Waals surface area contributed by atoms with Gasteiger partial charge in [-0.3, -0.25) is 5.43 Å². The van der Waals surface area contributed by atoms with E-state index in [1.54, 1.807) is 0 Å².